The van der Waals surface area contributed by atoms with Crippen LogP contribution in [0.5, 0.6) is 0 Å². The van der Waals surface area contributed by atoms with E-state index in [-0.39, 0.29) is 17.8 Å². The SMILES string of the molecule is CC[C@@H](C)OC(=O)c1[nH]c2c(c1C)C(=O)C[C@H](c1ccccc1Cl)C2. The fraction of sp³-hybridized carbons (Fsp3) is 0.400. The molecule has 132 valence electrons. The van der Waals surface area contributed by atoms with Crippen LogP contribution in [-0.4, -0.2) is 22.8 Å². The maximum atomic E-state index is 12.7. The van der Waals surface area contributed by atoms with E-state index in [1.165, 1.54) is 0 Å². The van der Waals surface area contributed by atoms with Gasteiger partial charge in [-0.05, 0) is 49.8 Å². The van der Waals surface area contributed by atoms with E-state index in [0.717, 1.165) is 17.7 Å². The van der Waals surface area contributed by atoms with Crippen LogP contribution >= 0.6 is 11.6 Å². The second-order valence-electron chi connectivity index (χ2n) is 6.65. The molecule has 1 heterocycles. The van der Waals surface area contributed by atoms with Crippen molar-refractivity contribution in [3.63, 3.8) is 0 Å². The number of aromatic amines is 1. The van der Waals surface area contributed by atoms with Gasteiger partial charge < -0.3 is 9.72 Å². The van der Waals surface area contributed by atoms with Crippen molar-refractivity contribution in [1.29, 1.82) is 0 Å². The summed E-state index contributed by atoms with van der Waals surface area (Å²) in [6.45, 7) is 5.62. The number of Topliss-reactive ketones (excluding diaryl/α,β-unsaturated/α-hetero) is 1. The number of ketones is 1. The zero-order chi connectivity index (χ0) is 18.1. The zero-order valence-corrected chi connectivity index (χ0v) is 15.4. The predicted molar refractivity (Wildman–Crippen MR) is 97.5 cm³/mol. The molecule has 25 heavy (non-hydrogen) atoms. The summed E-state index contributed by atoms with van der Waals surface area (Å²) in [7, 11) is 0. The topological polar surface area (TPSA) is 59.2 Å². The van der Waals surface area contributed by atoms with Crippen molar-refractivity contribution in [3.8, 4) is 0 Å². The minimum absolute atomic E-state index is 0.0187. The molecule has 1 aliphatic carbocycles. The van der Waals surface area contributed by atoms with E-state index in [0.29, 0.717) is 34.7 Å². The number of esters is 1. The van der Waals surface area contributed by atoms with E-state index in [1.54, 1.807) is 6.92 Å². The summed E-state index contributed by atoms with van der Waals surface area (Å²) in [6, 6.07) is 7.60. The number of aromatic nitrogens is 1. The zero-order valence-electron chi connectivity index (χ0n) is 14.7. The molecule has 0 unspecified atom stereocenters. The monoisotopic (exact) mass is 359 g/mol. The molecule has 0 amide bonds. The smallest absolute Gasteiger partial charge is 0.355 e. The van der Waals surface area contributed by atoms with Crippen molar-refractivity contribution in [1.82, 2.24) is 4.98 Å². The molecule has 2 atom stereocenters. The fourth-order valence-corrected chi connectivity index (χ4v) is 3.68. The molecule has 1 aromatic heterocycles. The Morgan fingerprint density at radius 3 is 2.76 bits per heavy atom. The number of carbonyl (C=O) groups is 2. The van der Waals surface area contributed by atoms with Crippen LogP contribution in [-0.2, 0) is 11.2 Å². The molecular formula is C20H22ClNO3. The Bertz CT molecular complexity index is 824. The standard InChI is InChI=1S/C20H22ClNO3/c1-4-11(2)25-20(24)19-12(3)18-16(22-19)9-13(10-17(18)23)14-7-5-6-8-15(14)21/h5-8,11,13,22H,4,9-10H2,1-3H3/t11-,13-/m1/s1. The number of rotatable bonds is 4. The molecule has 0 radical (unpaired) electrons. The van der Waals surface area contributed by atoms with Crippen molar-refractivity contribution in [2.45, 2.75) is 52.1 Å². The number of nitrogens with one attached hydrogen (secondary N) is 1. The molecule has 0 bridgehead atoms. The summed E-state index contributed by atoms with van der Waals surface area (Å²) < 4.78 is 5.41. The number of benzene rings is 1. The molecule has 0 fully saturated rings. The third kappa shape index (κ3) is 3.36. The maximum Gasteiger partial charge on any atom is 0.355 e. The molecule has 1 N–H and O–H groups in total. The lowest BCUT2D eigenvalue weighted by Gasteiger charge is -2.22. The number of hydrogen-bond acceptors (Lipinski definition) is 3. The molecule has 4 nitrogen and oxygen atoms in total. The first-order valence-corrected chi connectivity index (χ1v) is 9.00. The normalized spacial score (nSPS) is 17.9. The van der Waals surface area contributed by atoms with Crippen molar-refractivity contribution >= 4 is 23.4 Å². The van der Waals surface area contributed by atoms with Gasteiger partial charge in [0.15, 0.2) is 5.78 Å². The van der Waals surface area contributed by atoms with Crippen LogP contribution in [0.1, 0.15) is 70.3 Å². The summed E-state index contributed by atoms with van der Waals surface area (Å²) in [4.78, 5) is 28.2. The van der Waals surface area contributed by atoms with Gasteiger partial charge in [-0.2, -0.15) is 0 Å². The van der Waals surface area contributed by atoms with Crippen LogP contribution < -0.4 is 0 Å². The predicted octanol–water partition coefficient (Wildman–Crippen LogP) is 4.84. The van der Waals surface area contributed by atoms with Crippen LogP contribution in [0.25, 0.3) is 0 Å². The summed E-state index contributed by atoms with van der Waals surface area (Å²) >= 11 is 6.30. The van der Waals surface area contributed by atoms with Crippen LogP contribution in [0.15, 0.2) is 24.3 Å². The Morgan fingerprint density at radius 2 is 2.08 bits per heavy atom. The minimum atomic E-state index is -0.400. The average molecular weight is 360 g/mol. The molecule has 1 aromatic carbocycles. The number of halogens is 1. The van der Waals surface area contributed by atoms with Crippen LogP contribution in [0.2, 0.25) is 5.02 Å². The Labute approximate surface area is 152 Å². The van der Waals surface area contributed by atoms with Gasteiger partial charge in [0.2, 0.25) is 0 Å². The third-order valence-electron chi connectivity index (χ3n) is 4.92. The van der Waals surface area contributed by atoms with Gasteiger partial charge in [0, 0.05) is 22.7 Å². The molecular weight excluding hydrogens is 338 g/mol. The summed E-state index contributed by atoms with van der Waals surface area (Å²) in [5.74, 6) is -0.337. The highest BCUT2D eigenvalue weighted by molar-refractivity contribution is 6.31. The highest BCUT2D eigenvalue weighted by Gasteiger charge is 2.33. The Hall–Kier alpha value is -2.07. The third-order valence-corrected chi connectivity index (χ3v) is 5.27. The number of ether oxygens (including phenoxy) is 1. The minimum Gasteiger partial charge on any atom is -0.458 e. The molecule has 0 spiro atoms. The van der Waals surface area contributed by atoms with E-state index < -0.39 is 5.97 Å². The maximum absolute atomic E-state index is 12.7. The first-order chi connectivity index (χ1) is 11.9. The highest BCUT2D eigenvalue weighted by atomic mass is 35.5. The molecule has 3 rings (SSSR count). The molecule has 0 aliphatic heterocycles. The lowest BCUT2D eigenvalue weighted by molar-refractivity contribution is 0.0327. The number of H-pyrrole nitrogens is 1. The number of hydrogen-bond donors (Lipinski definition) is 1. The fourth-order valence-electron chi connectivity index (χ4n) is 3.39. The second kappa shape index (κ2) is 7.04. The van der Waals surface area contributed by atoms with E-state index in [2.05, 4.69) is 4.98 Å². The molecule has 2 aromatic rings. The van der Waals surface area contributed by atoms with Gasteiger partial charge >= 0.3 is 5.97 Å². The van der Waals surface area contributed by atoms with Crippen LogP contribution in [0, 0.1) is 6.92 Å². The Morgan fingerprint density at radius 1 is 1.36 bits per heavy atom. The van der Waals surface area contributed by atoms with Crippen LogP contribution in [0.4, 0.5) is 0 Å². The molecule has 0 saturated heterocycles. The van der Waals surface area contributed by atoms with E-state index >= 15 is 0 Å². The quantitative estimate of drug-likeness (QED) is 0.794. The first kappa shape index (κ1) is 17.7. The number of carbonyl (C=O) groups excluding carboxylic acids is 2. The van der Waals surface area contributed by atoms with Gasteiger partial charge in [-0.3, -0.25) is 4.79 Å². The lowest BCUT2D eigenvalue weighted by atomic mass is 9.81. The average Bonchev–Trinajstić information content (AvgIpc) is 2.92. The summed E-state index contributed by atoms with van der Waals surface area (Å²) in [5, 5.41) is 0.670. The summed E-state index contributed by atoms with van der Waals surface area (Å²) in [5.41, 5.74) is 3.48. The number of fused-ring (bicyclic) bond motifs is 1. The van der Waals surface area contributed by atoms with Crippen molar-refractivity contribution < 1.29 is 14.3 Å². The highest BCUT2D eigenvalue weighted by Crippen LogP contribution is 2.37. The molecule has 5 heteroatoms. The van der Waals surface area contributed by atoms with E-state index in [9.17, 15) is 9.59 Å². The van der Waals surface area contributed by atoms with Crippen LogP contribution in [0.3, 0.4) is 0 Å². The van der Waals surface area contributed by atoms with Gasteiger partial charge in [-0.1, -0.05) is 36.7 Å². The van der Waals surface area contributed by atoms with Gasteiger partial charge in [-0.15, -0.1) is 0 Å². The summed E-state index contributed by atoms with van der Waals surface area (Å²) in [6.07, 6.45) is 1.65. The van der Waals surface area contributed by atoms with Crippen molar-refractivity contribution in [3.05, 3.63) is 57.4 Å². The second-order valence-corrected chi connectivity index (χ2v) is 7.06. The van der Waals surface area contributed by atoms with Gasteiger partial charge in [0.1, 0.15) is 5.69 Å². The first-order valence-electron chi connectivity index (χ1n) is 8.62. The largest absolute Gasteiger partial charge is 0.458 e. The van der Waals surface area contributed by atoms with Gasteiger partial charge in [0.25, 0.3) is 0 Å². The van der Waals surface area contributed by atoms with Gasteiger partial charge in [0.05, 0.1) is 6.10 Å². The van der Waals surface area contributed by atoms with Crippen molar-refractivity contribution in [2.24, 2.45) is 0 Å². The molecule has 0 saturated carbocycles. The van der Waals surface area contributed by atoms with E-state index in [1.807, 2.05) is 38.1 Å². The lowest BCUT2D eigenvalue weighted by Crippen LogP contribution is -2.18. The Kier molecular flexibility index (Phi) is 5.00. The van der Waals surface area contributed by atoms with E-state index in [4.69, 9.17) is 16.3 Å². The van der Waals surface area contributed by atoms with Crippen molar-refractivity contribution in [2.75, 3.05) is 0 Å². The Balaban J connectivity index is 1.92. The molecule has 1 aliphatic rings. The van der Waals surface area contributed by atoms with Gasteiger partial charge in [-0.25, -0.2) is 4.79 Å².